The first-order chi connectivity index (χ1) is 13.6. The molecule has 0 bridgehead atoms. The summed E-state index contributed by atoms with van der Waals surface area (Å²) in [6.45, 7) is 3.76. The van der Waals surface area contributed by atoms with Crippen LogP contribution in [0.5, 0.6) is 11.5 Å². The fourth-order valence-corrected chi connectivity index (χ4v) is 3.96. The number of β-amino-alcohol motifs (C(OH)–C–C–N with tert-alkyl or cyclic N) is 1. The molecule has 1 aromatic heterocycles. The third kappa shape index (κ3) is 3.40. The Hall–Kier alpha value is -2.74. The number of ether oxygens (including phenoxy) is 2. The number of rotatable bonds is 3. The lowest BCUT2D eigenvalue weighted by molar-refractivity contribution is 0.144. The lowest BCUT2D eigenvalue weighted by Crippen LogP contribution is -2.52. The summed E-state index contributed by atoms with van der Waals surface area (Å²) in [7, 11) is 3.25. The predicted octanol–water partition coefficient (Wildman–Crippen LogP) is 1.56. The number of carbonyl (C=O) groups is 1. The lowest BCUT2D eigenvalue weighted by Gasteiger charge is -2.37. The monoisotopic (exact) mass is 386 g/mol. The molecule has 8 heteroatoms. The van der Waals surface area contributed by atoms with Crippen molar-refractivity contribution in [2.45, 2.75) is 12.5 Å². The van der Waals surface area contributed by atoms with Crippen LogP contribution in [-0.2, 0) is 0 Å². The van der Waals surface area contributed by atoms with Gasteiger partial charge in [0.15, 0.2) is 11.5 Å². The zero-order valence-corrected chi connectivity index (χ0v) is 16.3. The Morgan fingerprint density at radius 1 is 1.07 bits per heavy atom. The molecule has 1 unspecified atom stereocenters. The van der Waals surface area contributed by atoms with E-state index in [9.17, 15) is 9.90 Å². The zero-order valence-electron chi connectivity index (χ0n) is 16.3. The SMILES string of the molecule is COc1cc2ccnc(N3CCN(C(=O)N4CCC(O)C4)CC3)c2cc1OC. The molecular weight excluding hydrogens is 360 g/mol. The first-order valence-electron chi connectivity index (χ1n) is 9.58. The first kappa shape index (κ1) is 18.6. The number of likely N-dealkylation sites (tertiary alicyclic amines) is 1. The van der Waals surface area contributed by atoms with E-state index < -0.39 is 6.10 Å². The molecule has 1 N–H and O–H groups in total. The van der Waals surface area contributed by atoms with Gasteiger partial charge in [-0.25, -0.2) is 9.78 Å². The van der Waals surface area contributed by atoms with Crippen LogP contribution < -0.4 is 14.4 Å². The lowest BCUT2D eigenvalue weighted by atomic mass is 10.1. The second-order valence-corrected chi connectivity index (χ2v) is 7.21. The van der Waals surface area contributed by atoms with E-state index in [1.807, 2.05) is 23.1 Å². The Morgan fingerprint density at radius 2 is 1.79 bits per heavy atom. The molecule has 28 heavy (non-hydrogen) atoms. The third-order valence-electron chi connectivity index (χ3n) is 5.53. The molecule has 4 rings (SSSR count). The van der Waals surface area contributed by atoms with Gasteiger partial charge in [-0.2, -0.15) is 0 Å². The van der Waals surface area contributed by atoms with E-state index in [4.69, 9.17) is 9.47 Å². The van der Waals surface area contributed by atoms with E-state index in [2.05, 4.69) is 9.88 Å². The average molecular weight is 386 g/mol. The van der Waals surface area contributed by atoms with E-state index in [-0.39, 0.29) is 6.03 Å². The Labute approximate surface area is 164 Å². The van der Waals surface area contributed by atoms with Crippen LogP contribution in [0.3, 0.4) is 0 Å². The van der Waals surface area contributed by atoms with Gasteiger partial charge in [-0.15, -0.1) is 0 Å². The summed E-state index contributed by atoms with van der Waals surface area (Å²) in [6, 6.07) is 5.89. The number of piperazine rings is 1. The van der Waals surface area contributed by atoms with Crippen molar-refractivity contribution in [1.29, 1.82) is 0 Å². The Bertz CT molecular complexity index is 867. The normalized spacial score (nSPS) is 20.0. The van der Waals surface area contributed by atoms with Gasteiger partial charge in [-0.1, -0.05) is 0 Å². The molecule has 2 aliphatic rings. The van der Waals surface area contributed by atoms with E-state index >= 15 is 0 Å². The number of amides is 2. The number of urea groups is 1. The number of hydrogen-bond acceptors (Lipinski definition) is 6. The summed E-state index contributed by atoms with van der Waals surface area (Å²) in [5, 5.41) is 11.7. The smallest absolute Gasteiger partial charge is 0.320 e. The van der Waals surface area contributed by atoms with Gasteiger partial charge >= 0.3 is 6.03 Å². The van der Waals surface area contributed by atoms with Gasteiger partial charge in [-0.3, -0.25) is 0 Å². The molecule has 2 saturated heterocycles. The van der Waals surface area contributed by atoms with Crippen LogP contribution in [0, 0.1) is 0 Å². The highest BCUT2D eigenvalue weighted by molar-refractivity contribution is 5.94. The van der Waals surface area contributed by atoms with Gasteiger partial charge in [0.25, 0.3) is 0 Å². The number of carbonyl (C=O) groups excluding carboxylic acids is 1. The number of pyridine rings is 1. The minimum absolute atomic E-state index is 0.0217. The molecule has 0 aliphatic carbocycles. The maximum Gasteiger partial charge on any atom is 0.320 e. The quantitative estimate of drug-likeness (QED) is 0.863. The molecule has 2 amide bonds. The molecule has 1 aromatic carbocycles. The Morgan fingerprint density at radius 3 is 2.43 bits per heavy atom. The number of aliphatic hydroxyl groups excluding tert-OH is 1. The van der Waals surface area contributed by atoms with Crippen LogP contribution in [0.4, 0.5) is 10.6 Å². The predicted molar refractivity (Wildman–Crippen MR) is 106 cm³/mol. The molecule has 2 aromatic rings. The summed E-state index contributed by atoms with van der Waals surface area (Å²) in [5.74, 6) is 2.25. The molecule has 0 saturated carbocycles. The fraction of sp³-hybridized carbons (Fsp3) is 0.500. The van der Waals surface area contributed by atoms with Gasteiger partial charge in [0.05, 0.1) is 20.3 Å². The molecule has 3 heterocycles. The molecule has 1 atom stereocenters. The standard InChI is InChI=1S/C20H26N4O4/c1-27-17-11-14-3-5-21-19(16(14)12-18(17)28-2)22-7-9-23(10-8-22)20(26)24-6-4-15(25)13-24/h3,5,11-12,15,25H,4,6-10,13H2,1-2H3. The highest BCUT2D eigenvalue weighted by Crippen LogP contribution is 2.35. The molecular formula is C20H26N4O4. The molecule has 8 nitrogen and oxygen atoms in total. The van der Waals surface area contributed by atoms with Crippen LogP contribution >= 0.6 is 0 Å². The molecule has 2 fully saturated rings. The fourth-order valence-electron chi connectivity index (χ4n) is 3.96. The topological polar surface area (TPSA) is 78.4 Å². The van der Waals surface area contributed by atoms with Gasteiger partial charge in [0, 0.05) is 50.9 Å². The highest BCUT2D eigenvalue weighted by Gasteiger charge is 2.30. The van der Waals surface area contributed by atoms with E-state index in [0.29, 0.717) is 57.2 Å². The number of hydrogen-bond donors (Lipinski definition) is 1. The van der Waals surface area contributed by atoms with Crippen LogP contribution in [0.1, 0.15) is 6.42 Å². The van der Waals surface area contributed by atoms with Gasteiger partial charge in [-0.05, 0) is 30.0 Å². The second kappa shape index (κ2) is 7.71. The zero-order chi connectivity index (χ0) is 19.7. The van der Waals surface area contributed by atoms with Crippen LogP contribution in [-0.4, -0.2) is 85.5 Å². The number of fused-ring (bicyclic) bond motifs is 1. The maximum absolute atomic E-state index is 12.6. The van der Waals surface area contributed by atoms with E-state index in [1.54, 1.807) is 25.3 Å². The van der Waals surface area contributed by atoms with Crippen LogP contribution in [0.25, 0.3) is 10.8 Å². The number of nitrogens with zero attached hydrogens (tertiary/aromatic N) is 4. The largest absolute Gasteiger partial charge is 0.493 e. The summed E-state index contributed by atoms with van der Waals surface area (Å²) >= 11 is 0. The van der Waals surface area contributed by atoms with Crippen molar-refractivity contribution in [3.8, 4) is 11.5 Å². The van der Waals surface area contributed by atoms with Crippen molar-refractivity contribution in [3.63, 3.8) is 0 Å². The summed E-state index contributed by atoms with van der Waals surface area (Å²) < 4.78 is 10.9. The van der Waals surface area contributed by atoms with Gasteiger partial charge < -0.3 is 29.3 Å². The number of aliphatic hydroxyl groups is 1. The van der Waals surface area contributed by atoms with Crippen LogP contribution in [0.15, 0.2) is 24.4 Å². The summed E-state index contributed by atoms with van der Waals surface area (Å²) in [4.78, 5) is 23.0. The van der Waals surface area contributed by atoms with Crippen molar-refractivity contribution in [3.05, 3.63) is 24.4 Å². The molecule has 2 aliphatic heterocycles. The van der Waals surface area contributed by atoms with Gasteiger partial charge in [0.1, 0.15) is 5.82 Å². The van der Waals surface area contributed by atoms with Crippen molar-refractivity contribution in [2.75, 3.05) is 58.4 Å². The Balaban J connectivity index is 1.51. The van der Waals surface area contributed by atoms with Crippen molar-refractivity contribution in [1.82, 2.24) is 14.8 Å². The minimum Gasteiger partial charge on any atom is -0.493 e. The highest BCUT2D eigenvalue weighted by atomic mass is 16.5. The number of anilines is 1. The maximum atomic E-state index is 12.6. The number of methoxy groups -OCH3 is 2. The minimum atomic E-state index is -0.392. The summed E-state index contributed by atoms with van der Waals surface area (Å²) in [6.07, 6.45) is 2.07. The number of aromatic nitrogens is 1. The van der Waals surface area contributed by atoms with E-state index in [1.165, 1.54) is 0 Å². The van der Waals surface area contributed by atoms with E-state index in [0.717, 1.165) is 16.6 Å². The summed E-state index contributed by atoms with van der Waals surface area (Å²) in [5.41, 5.74) is 0. The Kier molecular flexibility index (Phi) is 5.13. The molecule has 150 valence electrons. The van der Waals surface area contributed by atoms with Gasteiger partial charge in [0.2, 0.25) is 0 Å². The molecule has 0 spiro atoms. The molecule has 0 radical (unpaired) electrons. The van der Waals surface area contributed by atoms with Crippen molar-refractivity contribution >= 4 is 22.6 Å². The first-order valence-corrected chi connectivity index (χ1v) is 9.58. The van der Waals surface area contributed by atoms with Crippen LogP contribution in [0.2, 0.25) is 0 Å². The van der Waals surface area contributed by atoms with Crippen molar-refractivity contribution in [2.24, 2.45) is 0 Å². The third-order valence-corrected chi connectivity index (χ3v) is 5.53. The number of benzene rings is 1. The average Bonchev–Trinajstić information content (AvgIpc) is 3.18. The van der Waals surface area contributed by atoms with Crippen molar-refractivity contribution < 1.29 is 19.4 Å². The second-order valence-electron chi connectivity index (χ2n) is 7.21.